The highest BCUT2D eigenvalue weighted by Crippen LogP contribution is 2.25. The van der Waals surface area contributed by atoms with E-state index in [4.69, 9.17) is 22.3 Å². The molecule has 3 N–H and O–H groups in total. The molecule has 0 aliphatic carbocycles. The van der Waals surface area contributed by atoms with Gasteiger partial charge in [-0.25, -0.2) is 15.0 Å². The van der Waals surface area contributed by atoms with Crippen LogP contribution in [0.1, 0.15) is 24.4 Å². The molecule has 0 spiro atoms. The third-order valence-corrected chi connectivity index (χ3v) is 5.07. The standard InChI is InChI=1S/C21H19ClN6O/c1-12-18(23)24-11-25-19(12)26-13(2)20-27-16-10-6-9-15(22)17(16)21(29)28(20)14-7-4-3-5-8-14/h3-11,13H,1-2H3,(H3,23,24,25,26)/t13-/m0/s1. The van der Waals surface area contributed by atoms with Gasteiger partial charge in [0.1, 0.15) is 23.8 Å². The number of nitrogens with zero attached hydrogens (tertiary/aromatic N) is 4. The van der Waals surface area contributed by atoms with Crippen LogP contribution in [-0.4, -0.2) is 19.5 Å². The van der Waals surface area contributed by atoms with Gasteiger partial charge in [-0.1, -0.05) is 35.9 Å². The molecule has 0 aliphatic rings. The summed E-state index contributed by atoms with van der Waals surface area (Å²) in [6.07, 6.45) is 1.40. The molecule has 2 aromatic carbocycles. The van der Waals surface area contributed by atoms with Crippen molar-refractivity contribution in [2.75, 3.05) is 11.1 Å². The van der Waals surface area contributed by atoms with Crippen LogP contribution in [-0.2, 0) is 0 Å². The van der Waals surface area contributed by atoms with E-state index in [9.17, 15) is 4.79 Å². The number of aromatic nitrogens is 4. The number of nitrogen functional groups attached to an aromatic ring is 1. The summed E-state index contributed by atoms with van der Waals surface area (Å²) in [7, 11) is 0. The minimum absolute atomic E-state index is 0.227. The lowest BCUT2D eigenvalue weighted by Gasteiger charge is -2.21. The SMILES string of the molecule is Cc1c(N)ncnc1N[C@@H](C)c1nc2cccc(Cl)c2c(=O)n1-c1ccccc1. The minimum atomic E-state index is -0.348. The van der Waals surface area contributed by atoms with E-state index in [2.05, 4.69) is 15.3 Å². The van der Waals surface area contributed by atoms with Crippen LogP contribution < -0.4 is 16.6 Å². The van der Waals surface area contributed by atoms with Crippen LogP contribution >= 0.6 is 11.6 Å². The molecule has 29 heavy (non-hydrogen) atoms. The molecule has 2 heterocycles. The van der Waals surface area contributed by atoms with Crippen molar-refractivity contribution in [3.63, 3.8) is 0 Å². The smallest absolute Gasteiger partial charge is 0.267 e. The maximum absolute atomic E-state index is 13.4. The number of benzene rings is 2. The van der Waals surface area contributed by atoms with E-state index in [1.807, 2.05) is 44.2 Å². The van der Waals surface area contributed by atoms with Crippen molar-refractivity contribution >= 4 is 34.1 Å². The van der Waals surface area contributed by atoms with E-state index in [1.165, 1.54) is 6.33 Å². The van der Waals surface area contributed by atoms with Gasteiger partial charge in [-0.2, -0.15) is 0 Å². The number of nitrogens with two attached hydrogens (primary N) is 1. The van der Waals surface area contributed by atoms with Gasteiger partial charge in [0.05, 0.1) is 27.7 Å². The van der Waals surface area contributed by atoms with Crippen LogP contribution in [0.3, 0.4) is 0 Å². The van der Waals surface area contributed by atoms with Crippen LogP contribution in [0.5, 0.6) is 0 Å². The predicted molar refractivity (Wildman–Crippen MR) is 116 cm³/mol. The number of hydrogen-bond donors (Lipinski definition) is 2. The molecule has 4 aromatic rings. The number of rotatable bonds is 4. The Hall–Kier alpha value is -3.45. The number of nitrogens with one attached hydrogen (secondary N) is 1. The van der Waals surface area contributed by atoms with Gasteiger partial charge in [-0.3, -0.25) is 9.36 Å². The molecular weight excluding hydrogens is 388 g/mol. The molecule has 0 radical (unpaired) electrons. The fourth-order valence-electron chi connectivity index (χ4n) is 3.20. The van der Waals surface area contributed by atoms with Crippen molar-refractivity contribution in [3.05, 3.63) is 81.6 Å². The third-order valence-electron chi connectivity index (χ3n) is 4.75. The highest BCUT2D eigenvalue weighted by molar-refractivity contribution is 6.35. The summed E-state index contributed by atoms with van der Waals surface area (Å²) in [4.78, 5) is 26.4. The highest BCUT2D eigenvalue weighted by atomic mass is 35.5. The van der Waals surface area contributed by atoms with Gasteiger partial charge in [0.15, 0.2) is 0 Å². The molecule has 1 atom stereocenters. The number of fused-ring (bicyclic) bond motifs is 1. The Morgan fingerprint density at radius 3 is 2.62 bits per heavy atom. The van der Waals surface area contributed by atoms with Crippen LogP contribution in [0.4, 0.5) is 11.6 Å². The number of halogens is 1. The average molecular weight is 407 g/mol. The first-order chi connectivity index (χ1) is 14.0. The molecule has 0 amide bonds. The number of anilines is 2. The summed E-state index contributed by atoms with van der Waals surface area (Å²) < 4.78 is 1.58. The van der Waals surface area contributed by atoms with E-state index in [0.29, 0.717) is 39.1 Å². The fourth-order valence-corrected chi connectivity index (χ4v) is 3.45. The molecule has 0 unspecified atom stereocenters. The fraction of sp³-hybridized carbons (Fsp3) is 0.143. The lowest BCUT2D eigenvalue weighted by Crippen LogP contribution is -2.27. The lowest BCUT2D eigenvalue weighted by atomic mass is 10.2. The van der Waals surface area contributed by atoms with E-state index in [1.54, 1.807) is 22.8 Å². The second-order valence-electron chi connectivity index (χ2n) is 6.68. The van der Waals surface area contributed by atoms with Gasteiger partial charge in [0.25, 0.3) is 5.56 Å². The Morgan fingerprint density at radius 2 is 1.86 bits per heavy atom. The summed E-state index contributed by atoms with van der Waals surface area (Å²) in [6, 6.07) is 14.3. The van der Waals surface area contributed by atoms with E-state index >= 15 is 0 Å². The van der Waals surface area contributed by atoms with Crippen molar-refractivity contribution in [2.24, 2.45) is 0 Å². The van der Waals surface area contributed by atoms with E-state index < -0.39 is 0 Å². The number of hydrogen-bond acceptors (Lipinski definition) is 6. The van der Waals surface area contributed by atoms with Crippen LogP contribution in [0.25, 0.3) is 16.6 Å². The molecule has 2 aromatic heterocycles. The Labute approximate surface area is 172 Å². The van der Waals surface area contributed by atoms with Crippen molar-refractivity contribution < 1.29 is 0 Å². The number of para-hydroxylation sites is 1. The summed E-state index contributed by atoms with van der Waals surface area (Å²) >= 11 is 6.32. The Balaban J connectivity index is 1.93. The summed E-state index contributed by atoms with van der Waals surface area (Å²) in [5, 5.41) is 4.05. The lowest BCUT2D eigenvalue weighted by molar-refractivity contribution is 0.730. The first kappa shape index (κ1) is 18.9. The van der Waals surface area contributed by atoms with E-state index in [0.717, 1.165) is 5.56 Å². The van der Waals surface area contributed by atoms with Crippen LogP contribution in [0.2, 0.25) is 5.02 Å². The normalized spacial score (nSPS) is 12.1. The molecule has 0 aliphatic heterocycles. The van der Waals surface area contributed by atoms with Crippen molar-refractivity contribution in [2.45, 2.75) is 19.9 Å². The average Bonchev–Trinajstić information content (AvgIpc) is 2.71. The molecule has 8 heteroatoms. The second kappa shape index (κ2) is 7.52. The molecule has 0 bridgehead atoms. The molecule has 4 rings (SSSR count). The van der Waals surface area contributed by atoms with Crippen molar-refractivity contribution in [1.82, 2.24) is 19.5 Å². The largest absolute Gasteiger partial charge is 0.383 e. The zero-order valence-corrected chi connectivity index (χ0v) is 16.7. The molecular formula is C21H19ClN6O. The topological polar surface area (TPSA) is 98.7 Å². The highest BCUT2D eigenvalue weighted by Gasteiger charge is 2.20. The molecule has 0 saturated carbocycles. The molecule has 0 fully saturated rings. The quantitative estimate of drug-likeness (QED) is 0.533. The Bertz CT molecular complexity index is 1260. The Morgan fingerprint density at radius 1 is 1.10 bits per heavy atom. The van der Waals surface area contributed by atoms with Gasteiger partial charge in [0, 0.05) is 5.56 Å². The van der Waals surface area contributed by atoms with E-state index in [-0.39, 0.29) is 11.6 Å². The zero-order chi connectivity index (χ0) is 20.5. The van der Waals surface area contributed by atoms with Gasteiger partial charge in [-0.15, -0.1) is 0 Å². The van der Waals surface area contributed by atoms with Crippen LogP contribution in [0, 0.1) is 6.92 Å². The van der Waals surface area contributed by atoms with Gasteiger partial charge in [0.2, 0.25) is 0 Å². The minimum Gasteiger partial charge on any atom is -0.383 e. The van der Waals surface area contributed by atoms with Gasteiger partial charge >= 0.3 is 0 Å². The Kier molecular flexibility index (Phi) is 4.90. The molecule has 7 nitrogen and oxygen atoms in total. The predicted octanol–water partition coefficient (Wildman–Crippen LogP) is 3.89. The molecule has 146 valence electrons. The van der Waals surface area contributed by atoms with Crippen LogP contribution in [0.15, 0.2) is 59.7 Å². The van der Waals surface area contributed by atoms with Crippen molar-refractivity contribution in [1.29, 1.82) is 0 Å². The summed E-state index contributed by atoms with van der Waals surface area (Å²) in [5.74, 6) is 1.52. The van der Waals surface area contributed by atoms with Gasteiger partial charge in [-0.05, 0) is 38.1 Å². The zero-order valence-electron chi connectivity index (χ0n) is 15.9. The molecule has 0 saturated heterocycles. The monoisotopic (exact) mass is 406 g/mol. The second-order valence-corrected chi connectivity index (χ2v) is 7.09. The van der Waals surface area contributed by atoms with Crippen molar-refractivity contribution in [3.8, 4) is 5.69 Å². The maximum Gasteiger partial charge on any atom is 0.267 e. The third kappa shape index (κ3) is 3.40. The summed E-state index contributed by atoms with van der Waals surface area (Å²) in [6.45, 7) is 3.75. The first-order valence-electron chi connectivity index (χ1n) is 9.07. The first-order valence-corrected chi connectivity index (χ1v) is 9.45. The van der Waals surface area contributed by atoms with Gasteiger partial charge < -0.3 is 11.1 Å². The maximum atomic E-state index is 13.4. The summed E-state index contributed by atoms with van der Waals surface area (Å²) in [5.41, 5.74) is 7.64.